The summed E-state index contributed by atoms with van der Waals surface area (Å²) in [5.41, 5.74) is 2.05. The first-order valence-corrected chi connectivity index (χ1v) is 10.2. The van der Waals surface area contributed by atoms with Gasteiger partial charge in [0, 0.05) is 18.7 Å². The van der Waals surface area contributed by atoms with Crippen molar-refractivity contribution in [3.8, 4) is 5.75 Å². The van der Waals surface area contributed by atoms with Gasteiger partial charge < -0.3 is 15.0 Å². The van der Waals surface area contributed by atoms with Gasteiger partial charge in [-0.1, -0.05) is 51.1 Å². The summed E-state index contributed by atoms with van der Waals surface area (Å²) in [6.07, 6.45) is 2.34. The molecular weight excluding hydrogens is 364 g/mol. The molecule has 1 unspecified atom stereocenters. The Labute approximate surface area is 173 Å². The Morgan fingerprint density at radius 2 is 1.79 bits per heavy atom. The summed E-state index contributed by atoms with van der Waals surface area (Å²) in [6, 6.07) is 17.3. The van der Waals surface area contributed by atoms with E-state index in [1.54, 1.807) is 17.0 Å². The lowest BCUT2D eigenvalue weighted by Crippen LogP contribution is -2.34. The largest absolute Gasteiger partial charge is 0.484 e. The number of rotatable bonds is 7. The van der Waals surface area contributed by atoms with Crippen LogP contribution in [0.4, 0.5) is 5.69 Å². The van der Waals surface area contributed by atoms with Crippen LogP contribution in [-0.2, 0) is 9.59 Å². The number of amides is 2. The molecule has 5 nitrogen and oxygen atoms in total. The van der Waals surface area contributed by atoms with Crippen molar-refractivity contribution < 1.29 is 14.3 Å². The summed E-state index contributed by atoms with van der Waals surface area (Å²) in [7, 11) is 0. The average Bonchev–Trinajstić information content (AvgIpc) is 3.12. The van der Waals surface area contributed by atoms with Gasteiger partial charge in [-0.15, -0.1) is 0 Å². The smallest absolute Gasteiger partial charge is 0.258 e. The van der Waals surface area contributed by atoms with E-state index in [0.717, 1.165) is 30.6 Å². The first-order valence-electron chi connectivity index (χ1n) is 10.2. The minimum Gasteiger partial charge on any atom is -0.484 e. The highest BCUT2D eigenvalue weighted by molar-refractivity contribution is 5.95. The SMILES string of the molecule is CC(C)(C)CC(NC(=O)COc1ccc(N2CCCC2=O)cc1)c1ccccc1. The maximum atomic E-state index is 12.5. The Balaban J connectivity index is 1.57. The Bertz CT molecular complexity index is 825. The van der Waals surface area contributed by atoms with Gasteiger partial charge >= 0.3 is 0 Å². The summed E-state index contributed by atoms with van der Waals surface area (Å²) in [4.78, 5) is 26.1. The van der Waals surface area contributed by atoms with Crippen molar-refractivity contribution in [2.45, 2.75) is 46.1 Å². The molecule has 1 aliphatic rings. The Morgan fingerprint density at radius 1 is 1.10 bits per heavy atom. The lowest BCUT2D eigenvalue weighted by Gasteiger charge is -2.27. The molecule has 0 radical (unpaired) electrons. The zero-order valence-electron chi connectivity index (χ0n) is 17.5. The fraction of sp³-hybridized carbons (Fsp3) is 0.417. The van der Waals surface area contributed by atoms with Crippen molar-refractivity contribution in [1.29, 1.82) is 0 Å². The molecule has 2 aromatic rings. The predicted octanol–water partition coefficient (Wildman–Crippen LogP) is 4.49. The van der Waals surface area contributed by atoms with Gasteiger partial charge in [-0.05, 0) is 48.1 Å². The van der Waals surface area contributed by atoms with Crippen molar-refractivity contribution in [3.63, 3.8) is 0 Å². The molecule has 1 N–H and O–H groups in total. The standard InChI is InChI=1S/C24H30N2O3/c1-24(2,3)16-21(18-8-5-4-6-9-18)25-22(27)17-29-20-13-11-19(12-14-20)26-15-7-10-23(26)28/h4-6,8-9,11-14,21H,7,10,15-17H2,1-3H3,(H,25,27). The van der Waals surface area contributed by atoms with Gasteiger partial charge in [0.15, 0.2) is 6.61 Å². The normalized spacial score (nSPS) is 15.3. The van der Waals surface area contributed by atoms with Crippen LogP contribution in [-0.4, -0.2) is 25.0 Å². The molecule has 0 bridgehead atoms. The number of carbonyl (C=O) groups excluding carboxylic acids is 2. The molecule has 1 aliphatic heterocycles. The molecule has 2 amide bonds. The van der Waals surface area contributed by atoms with Crippen LogP contribution in [0.5, 0.6) is 5.75 Å². The quantitative estimate of drug-likeness (QED) is 0.753. The summed E-state index contributed by atoms with van der Waals surface area (Å²) in [5, 5.41) is 3.11. The van der Waals surface area contributed by atoms with Crippen molar-refractivity contribution >= 4 is 17.5 Å². The Morgan fingerprint density at radius 3 is 2.38 bits per heavy atom. The second kappa shape index (κ2) is 9.12. The maximum absolute atomic E-state index is 12.5. The van der Waals surface area contributed by atoms with Gasteiger partial charge in [0.2, 0.25) is 5.91 Å². The highest BCUT2D eigenvalue weighted by Gasteiger charge is 2.23. The Kier molecular flexibility index (Phi) is 6.57. The molecule has 1 saturated heterocycles. The third-order valence-corrected chi connectivity index (χ3v) is 4.95. The molecule has 5 heteroatoms. The minimum absolute atomic E-state index is 0.0462. The first kappa shape index (κ1) is 20.9. The van der Waals surface area contributed by atoms with Gasteiger partial charge in [0.05, 0.1) is 6.04 Å². The summed E-state index contributed by atoms with van der Waals surface area (Å²) in [6.45, 7) is 7.21. The highest BCUT2D eigenvalue weighted by Crippen LogP contribution is 2.29. The van der Waals surface area contributed by atoms with Crippen LogP contribution in [0, 0.1) is 5.41 Å². The third-order valence-electron chi connectivity index (χ3n) is 4.95. The second-order valence-corrected chi connectivity index (χ2v) is 8.73. The van der Waals surface area contributed by atoms with Crippen LogP contribution in [0.15, 0.2) is 54.6 Å². The van der Waals surface area contributed by atoms with E-state index in [1.807, 2.05) is 42.5 Å². The number of ether oxygens (including phenoxy) is 1. The van der Waals surface area contributed by atoms with Crippen molar-refractivity contribution in [2.75, 3.05) is 18.1 Å². The maximum Gasteiger partial charge on any atom is 0.258 e. The summed E-state index contributed by atoms with van der Waals surface area (Å²) in [5.74, 6) is 0.619. The lowest BCUT2D eigenvalue weighted by atomic mass is 9.85. The van der Waals surface area contributed by atoms with Crippen LogP contribution in [0.25, 0.3) is 0 Å². The van der Waals surface area contributed by atoms with E-state index in [1.165, 1.54) is 0 Å². The van der Waals surface area contributed by atoms with E-state index in [9.17, 15) is 9.59 Å². The van der Waals surface area contributed by atoms with Gasteiger partial charge in [-0.3, -0.25) is 9.59 Å². The zero-order valence-corrected chi connectivity index (χ0v) is 17.5. The van der Waals surface area contributed by atoms with Crippen LogP contribution < -0.4 is 15.0 Å². The number of benzene rings is 2. The van der Waals surface area contributed by atoms with Gasteiger partial charge in [-0.2, -0.15) is 0 Å². The van der Waals surface area contributed by atoms with Gasteiger partial charge in [-0.25, -0.2) is 0 Å². The molecule has 1 heterocycles. The van der Waals surface area contributed by atoms with Crippen LogP contribution in [0.1, 0.15) is 51.6 Å². The number of nitrogens with zero attached hydrogens (tertiary/aromatic N) is 1. The van der Waals surface area contributed by atoms with E-state index in [4.69, 9.17) is 4.74 Å². The van der Waals surface area contributed by atoms with Gasteiger partial charge in [0.1, 0.15) is 5.75 Å². The molecule has 0 aliphatic carbocycles. The van der Waals surface area contributed by atoms with E-state index in [0.29, 0.717) is 12.2 Å². The third kappa shape index (κ3) is 6.08. The molecule has 154 valence electrons. The number of carbonyl (C=O) groups is 2. The number of nitrogens with one attached hydrogen (secondary N) is 1. The fourth-order valence-electron chi connectivity index (χ4n) is 3.58. The molecule has 0 aromatic heterocycles. The van der Waals surface area contributed by atoms with Gasteiger partial charge in [0.25, 0.3) is 5.91 Å². The number of hydrogen-bond acceptors (Lipinski definition) is 3. The average molecular weight is 395 g/mol. The molecule has 29 heavy (non-hydrogen) atoms. The molecule has 1 atom stereocenters. The molecule has 2 aromatic carbocycles. The van der Waals surface area contributed by atoms with Crippen LogP contribution in [0.2, 0.25) is 0 Å². The molecule has 0 saturated carbocycles. The van der Waals surface area contributed by atoms with E-state index >= 15 is 0 Å². The topological polar surface area (TPSA) is 58.6 Å². The second-order valence-electron chi connectivity index (χ2n) is 8.73. The highest BCUT2D eigenvalue weighted by atomic mass is 16.5. The predicted molar refractivity (Wildman–Crippen MR) is 115 cm³/mol. The van der Waals surface area contributed by atoms with Crippen LogP contribution >= 0.6 is 0 Å². The van der Waals surface area contributed by atoms with Crippen molar-refractivity contribution in [2.24, 2.45) is 5.41 Å². The van der Waals surface area contributed by atoms with Crippen LogP contribution in [0.3, 0.4) is 0 Å². The summed E-state index contributed by atoms with van der Waals surface area (Å²) < 4.78 is 5.66. The fourth-order valence-corrected chi connectivity index (χ4v) is 3.58. The Hall–Kier alpha value is -2.82. The lowest BCUT2D eigenvalue weighted by molar-refractivity contribution is -0.124. The molecule has 1 fully saturated rings. The molecule has 0 spiro atoms. The van der Waals surface area contributed by atoms with E-state index in [-0.39, 0.29) is 29.9 Å². The number of hydrogen-bond donors (Lipinski definition) is 1. The monoisotopic (exact) mass is 394 g/mol. The summed E-state index contributed by atoms with van der Waals surface area (Å²) >= 11 is 0. The zero-order chi connectivity index (χ0) is 20.9. The first-order chi connectivity index (χ1) is 13.8. The van der Waals surface area contributed by atoms with E-state index < -0.39 is 0 Å². The number of anilines is 1. The van der Waals surface area contributed by atoms with Crippen molar-refractivity contribution in [3.05, 3.63) is 60.2 Å². The van der Waals surface area contributed by atoms with Crippen molar-refractivity contribution in [1.82, 2.24) is 5.32 Å². The van der Waals surface area contributed by atoms with E-state index in [2.05, 4.69) is 26.1 Å². The molecular formula is C24H30N2O3. The molecule has 3 rings (SSSR count). The minimum atomic E-state index is -0.151.